The van der Waals surface area contributed by atoms with Gasteiger partial charge in [0.25, 0.3) is 0 Å². The second-order valence-corrected chi connectivity index (χ2v) is 2.64. The van der Waals surface area contributed by atoms with E-state index in [0.29, 0.717) is 5.75 Å². The van der Waals surface area contributed by atoms with Crippen LogP contribution in [0.25, 0.3) is 6.08 Å². The van der Waals surface area contributed by atoms with Crippen molar-refractivity contribution in [2.75, 3.05) is 0 Å². The molecule has 1 aromatic carbocycles. The molecule has 0 fully saturated rings. The summed E-state index contributed by atoms with van der Waals surface area (Å²) in [6, 6.07) is 5.30. The summed E-state index contributed by atoms with van der Waals surface area (Å²) in [5.74, 6) is 0.296. The van der Waals surface area contributed by atoms with Gasteiger partial charge < -0.3 is 5.11 Å². The highest BCUT2D eigenvalue weighted by Crippen LogP contribution is 2.16. The number of aryl methyl sites for hydroxylation is 1. The predicted molar refractivity (Wildman–Crippen MR) is 97.5 cm³/mol. The molecule has 1 N–H and O–H groups in total. The van der Waals surface area contributed by atoms with Crippen molar-refractivity contribution in [3.63, 3.8) is 0 Å². The Morgan fingerprint density at radius 2 is 1.35 bits per heavy atom. The van der Waals surface area contributed by atoms with Gasteiger partial charge >= 0.3 is 0 Å². The van der Waals surface area contributed by atoms with Crippen LogP contribution in [0.2, 0.25) is 0 Å². The smallest absolute Gasteiger partial charge is 0.116 e. The largest absolute Gasteiger partial charge is 0.508 e. The number of rotatable bonds is 2. The predicted octanol–water partition coefficient (Wildman–Crippen LogP) is 7.00. The van der Waals surface area contributed by atoms with Gasteiger partial charge in [-0.1, -0.05) is 86.3 Å². The second kappa shape index (κ2) is 26.1. The molecule has 0 aliphatic heterocycles. The van der Waals surface area contributed by atoms with Gasteiger partial charge in [0.2, 0.25) is 0 Å². The second-order valence-electron chi connectivity index (χ2n) is 2.64. The van der Waals surface area contributed by atoms with E-state index >= 15 is 0 Å². The number of phenolic OH excluding ortho intramolecular Hbond substituents is 1. The van der Waals surface area contributed by atoms with E-state index in [1.165, 1.54) is 0 Å². The van der Waals surface area contributed by atoms with Gasteiger partial charge in [-0.2, -0.15) is 0 Å². The fraction of sp³-hybridized carbons (Fsp3) is 0.474. The Labute approximate surface area is 128 Å². The fourth-order valence-electron chi connectivity index (χ4n) is 0.979. The lowest BCUT2D eigenvalue weighted by atomic mass is 10.1. The molecule has 0 unspecified atom stereocenters. The van der Waals surface area contributed by atoms with E-state index in [4.69, 9.17) is 0 Å². The Kier molecular flexibility index (Phi) is 35.2. The molecule has 1 aromatic rings. The van der Waals surface area contributed by atoms with E-state index in [-0.39, 0.29) is 0 Å². The Morgan fingerprint density at radius 1 is 0.900 bits per heavy atom. The van der Waals surface area contributed by atoms with Crippen LogP contribution in [0.1, 0.15) is 66.5 Å². The van der Waals surface area contributed by atoms with Gasteiger partial charge in [-0.05, 0) is 30.2 Å². The molecule has 0 atom stereocenters. The van der Waals surface area contributed by atoms with Crippen LogP contribution in [0.5, 0.6) is 5.75 Å². The van der Waals surface area contributed by atoms with Gasteiger partial charge in [-0.3, -0.25) is 0 Å². The minimum Gasteiger partial charge on any atom is -0.508 e. The quantitative estimate of drug-likeness (QED) is 0.578. The van der Waals surface area contributed by atoms with E-state index in [2.05, 4.69) is 6.58 Å². The average molecular weight is 280 g/mol. The zero-order valence-electron chi connectivity index (χ0n) is 15.1. The van der Waals surface area contributed by atoms with Crippen LogP contribution in [0.4, 0.5) is 0 Å². The summed E-state index contributed by atoms with van der Waals surface area (Å²) in [7, 11) is 0. The minimum absolute atomic E-state index is 0.296. The van der Waals surface area contributed by atoms with Crippen molar-refractivity contribution >= 4 is 6.08 Å². The number of hydrogen-bond donors (Lipinski definition) is 1. The molecule has 0 heterocycles. The molecule has 0 amide bonds. The number of benzene rings is 1. The first kappa shape index (κ1) is 26.9. The molecule has 0 aliphatic rings. The van der Waals surface area contributed by atoms with E-state index in [1.807, 2.05) is 80.5 Å². The lowest BCUT2D eigenvalue weighted by Gasteiger charge is -1.99. The van der Waals surface area contributed by atoms with Crippen molar-refractivity contribution in [3.05, 3.63) is 48.1 Å². The normalized spacial score (nSPS) is 7.45. The van der Waals surface area contributed by atoms with Gasteiger partial charge in [0, 0.05) is 0 Å². The van der Waals surface area contributed by atoms with Gasteiger partial charge in [0.1, 0.15) is 5.75 Å². The molecular weight excluding hydrogens is 244 g/mol. The fourth-order valence-corrected chi connectivity index (χ4v) is 0.979. The van der Waals surface area contributed by atoms with Crippen LogP contribution in [-0.4, -0.2) is 5.11 Å². The molecule has 0 radical (unpaired) electrons. The molecule has 0 aromatic heterocycles. The van der Waals surface area contributed by atoms with Crippen molar-refractivity contribution in [1.29, 1.82) is 0 Å². The zero-order chi connectivity index (χ0) is 17.0. The number of hydrogen-bond acceptors (Lipinski definition) is 1. The highest BCUT2D eigenvalue weighted by atomic mass is 16.3. The molecule has 0 saturated carbocycles. The maximum atomic E-state index is 9.18. The molecule has 1 rings (SSSR count). The molecule has 1 nitrogen and oxygen atoms in total. The summed E-state index contributed by atoms with van der Waals surface area (Å²) in [4.78, 5) is 0. The topological polar surface area (TPSA) is 20.2 Å². The van der Waals surface area contributed by atoms with E-state index < -0.39 is 0 Å². The number of phenols is 1. The van der Waals surface area contributed by atoms with Crippen LogP contribution in [-0.2, 0) is 0 Å². The van der Waals surface area contributed by atoms with E-state index in [1.54, 1.807) is 18.2 Å². The van der Waals surface area contributed by atoms with E-state index in [0.717, 1.165) is 11.1 Å². The summed E-state index contributed by atoms with van der Waals surface area (Å²) in [6.45, 7) is 21.6. The molecular formula is C19H36O. The van der Waals surface area contributed by atoms with Gasteiger partial charge in [-0.25, -0.2) is 0 Å². The highest BCUT2D eigenvalue weighted by molar-refractivity contribution is 5.56. The summed E-state index contributed by atoms with van der Waals surface area (Å²) in [5, 5.41) is 9.18. The third kappa shape index (κ3) is 16.5. The van der Waals surface area contributed by atoms with Crippen LogP contribution in [0.3, 0.4) is 0 Å². The van der Waals surface area contributed by atoms with Crippen molar-refractivity contribution in [1.82, 2.24) is 0 Å². The summed E-state index contributed by atoms with van der Waals surface area (Å²) in [5.41, 5.74) is 2.17. The monoisotopic (exact) mass is 280 g/mol. The van der Waals surface area contributed by atoms with Gasteiger partial charge in [0.05, 0.1) is 0 Å². The maximum Gasteiger partial charge on any atom is 0.116 e. The number of aromatic hydroxyl groups is 1. The third-order valence-electron chi connectivity index (χ3n) is 1.67. The Bertz CT molecular complexity index is 312. The van der Waals surface area contributed by atoms with Crippen molar-refractivity contribution < 1.29 is 5.11 Å². The van der Waals surface area contributed by atoms with Crippen LogP contribution in [0.15, 0.2) is 36.9 Å². The molecule has 0 saturated heterocycles. The molecule has 20 heavy (non-hydrogen) atoms. The van der Waals surface area contributed by atoms with Crippen LogP contribution >= 0.6 is 0 Å². The Hall–Kier alpha value is -1.50. The molecule has 0 bridgehead atoms. The first-order valence-electron chi connectivity index (χ1n) is 7.83. The van der Waals surface area contributed by atoms with Crippen molar-refractivity contribution in [2.45, 2.75) is 62.3 Å². The van der Waals surface area contributed by atoms with Gasteiger partial charge in [0.15, 0.2) is 0 Å². The lowest BCUT2D eigenvalue weighted by Crippen LogP contribution is -1.78. The molecule has 0 aliphatic carbocycles. The highest BCUT2D eigenvalue weighted by Gasteiger charge is 1.94. The van der Waals surface area contributed by atoms with Crippen molar-refractivity contribution in [3.8, 4) is 5.75 Å². The van der Waals surface area contributed by atoms with Crippen molar-refractivity contribution in [2.24, 2.45) is 0 Å². The zero-order valence-corrected chi connectivity index (χ0v) is 15.1. The molecule has 0 spiro atoms. The lowest BCUT2D eigenvalue weighted by molar-refractivity contribution is 0.475. The first-order valence-corrected chi connectivity index (χ1v) is 7.83. The van der Waals surface area contributed by atoms with Crippen LogP contribution < -0.4 is 0 Å². The summed E-state index contributed by atoms with van der Waals surface area (Å²) >= 11 is 0. The minimum atomic E-state index is 0.296. The Morgan fingerprint density at radius 3 is 1.75 bits per heavy atom. The van der Waals surface area contributed by atoms with Gasteiger partial charge in [-0.15, -0.1) is 0 Å². The summed E-state index contributed by atoms with van der Waals surface area (Å²) < 4.78 is 0. The van der Waals surface area contributed by atoms with E-state index in [9.17, 15) is 5.11 Å². The Balaban J connectivity index is -0.000000138. The maximum absolute atomic E-state index is 9.18. The molecule has 1 heteroatoms. The SMILES string of the molecule is C=C/C=C\c1cc(O)ccc1C.CC.CC.CC.CC. The van der Waals surface area contributed by atoms with Crippen LogP contribution in [0, 0.1) is 6.92 Å². The standard InChI is InChI=1S/C11H12O.4C2H6/c1-3-4-5-10-8-11(12)7-6-9(10)2;4*1-2/h3-8,12H,1H2,2H3;4*1-2H3/b5-4-;;;;. The number of allylic oxidation sites excluding steroid dienone is 2. The first-order chi connectivity index (χ1) is 9.74. The summed E-state index contributed by atoms with van der Waals surface area (Å²) in [6.07, 6.45) is 5.48. The third-order valence-corrected chi connectivity index (χ3v) is 1.67. The average Bonchev–Trinajstić information content (AvgIpc) is 2.56. The molecule has 118 valence electrons.